The standard InChI is InChI=1S/C37H69O13P/c1-3-5-7-9-10-11-12-13-14-15-16-17-18-19-20-22-24-26-31(39)49-29(27-47-30(38)25-23-21-8-6-4-2)28-48-51(45,46)50-37-35(43)33(41)32(40)34(42)36(37)44/h13-14,29,32-37,40-44H,3-12,15-28H2,1-2H3,(H,45,46)/b14-13-. The first-order valence-electron chi connectivity index (χ1n) is 19.5. The number of carbonyl (C=O) groups is 2. The second kappa shape index (κ2) is 29.0. The van der Waals surface area contributed by atoms with Crippen molar-refractivity contribution in [1.82, 2.24) is 0 Å². The van der Waals surface area contributed by atoms with Crippen LogP contribution in [-0.4, -0.2) is 98.3 Å². The summed E-state index contributed by atoms with van der Waals surface area (Å²) in [7, 11) is -5.10. The lowest BCUT2D eigenvalue weighted by Crippen LogP contribution is -2.64. The van der Waals surface area contributed by atoms with Crippen LogP contribution in [0, 0.1) is 0 Å². The van der Waals surface area contributed by atoms with Gasteiger partial charge in [-0.25, -0.2) is 4.57 Å². The van der Waals surface area contributed by atoms with Crippen LogP contribution < -0.4 is 0 Å². The van der Waals surface area contributed by atoms with Crippen LogP contribution in [0.15, 0.2) is 12.2 Å². The van der Waals surface area contributed by atoms with Gasteiger partial charge in [-0.3, -0.25) is 18.6 Å². The zero-order chi connectivity index (χ0) is 37.9. The summed E-state index contributed by atoms with van der Waals surface area (Å²) in [6.07, 6.45) is 13.5. The molecule has 0 bridgehead atoms. The van der Waals surface area contributed by atoms with Gasteiger partial charge in [0.15, 0.2) is 6.10 Å². The molecule has 1 aliphatic carbocycles. The molecule has 13 nitrogen and oxygen atoms in total. The molecule has 0 heterocycles. The summed E-state index contributed by atoms with van der Waals surface area (Å²) in [6, 6.07) is 0. The van der Waals surface area contributed by atoms with Gasteiger partial charge >= 0.3 is 19.8 Å². The number of unbranched alkanes of at least 4 members (excludes halogenated alkanes) is 17. The van der Waals surface area contributed by atoms with Crippen molar-refractivity contribution in [3.05, 3.63) is 12.2 Å². The van der Waals surface area contributed by atoms with Crippen molar-refractivity contribution in [2.24, 2.45) is 0 Å². The number of hydrogen-bond acceptors (Lipinski definition) is 12. The van der Waals surface area contributed by atoms with Crippen LogP contribution in [0.25, 0.3) is 0 Å². The van der Waals surface area contributed by atoms with E-state index in [-0.39, 0.29) is 12.8 Å². The second-order valence-electron chi connectivity index (χ2n) is 13.8. The van der Waals surface area contributed by atoms with Crippen LogP contribution >= 0.6 is 7.82 Å². The quantitative estimate of drug-likeness (QED) is 0.0210. The largest absolute Gasteiger partial charge is 0.472 e. The van der Waals surface area contributed by atoms with Gasteiger partial charge in [-0.2, -0.15) is 0 Å². The van der Waals surface area contributed by atoms with Gasteiger partial charge in [-0.1, -0.05) is 116 Å². The minimum atomic E-state index is -5.10. The van der Waals surface area contributed by atoms with Crippen molar-refractivity contribution < 1.29 is 63.1 Å². The first kappa shape index (κ1) is 47.6. The third kappa shape index (κ3) is 22.4. The van der Waals surface area contributed by atoms with Crippen LogP contribution in [0.4, 0.5) is 0 Å². The first-order valence-corrected chi connectivity index (χ1v) is 21.0. The Morgan fingerprint density at radius 2 is 1.00 bits per heavy atom. The number of allylic oxidation sites excluding steroid dienone is 2. The Hall–Kier alpha value is -1.41. The lowest BCUT2D eigenvalue weighted by Gasteiger charge is -2.41. The van der Waals surface area contributed by atoms with E-state index in [1.165, 1.54) is 57.8 Å². The third-order valence-corrected chi connectivity index (χ3v) is 10.1. The summed E-state index contributed by atoms with van der Waals surface area (Å²) in [5, 5.41) is 49.8. The van der Waals surface area contributed by atoms with Gasteiger partial charge in [-0.05, 0) is 38.5 Å². The van der Waals surface area contributed by atoms with Gasteiger partial charge in [0, 0.05) is 12.8 Å². The Kier molecular flexibility index (Phi) is 27.1. The molecule has 6 unspecified atom stereocenters. The van der Waals surface area contributed by atoms with Crippen molar-refractivity contribution >= 4 is 19.8 Å². The molecule has 0 saturated heterocycles. The molecule has 1 saturated carbocycles. The Morgan fingerprint density at radius 3 is 1.49 bits per heavy atom. The predicted octanol–water partition coefficient (Wildman–Crippen LogP) is 5.94. The van der Waals surface area contributed by atoms with E-state index in [9.17, 15) is 44.6 Å². The highest BCUT2D eigenvalue weighted by Crippen LogP contribution is 2.47. The van der Waals surface area contributed by atoms with Crippen molar-refractivity contribution in [2.75, 3.05) is 13.2 Å². The molecule has 6 N–H and O–H groups in total. The SMILES string of the molecule is CCCCCCCC/C=C\CCCCCCCCCC(=O)OC(COC(=O)CCCCCCC)COP(=O)(O)OC1C(O)C(O)C(O)C(O)C1O. The fraction of sp³-hybridized carbons (Fsp3) is 0.892. The molecule has 300 valence electrons. The number of rotatable bonds is 31. The van der Waals surface area contributed by atoms with Crippen molar-refractivity contribution in [2.45, 2.75) is 198 Å². The third-order valence-electron chi connectivity index (χ3n) is 9.11. The molecule has 6 atom stereocenters. The topological polar surface area (TPSA) is 210 Å². The Bertz CT molecular complexity index is 964. The summed E-state index contributed by atoms with van der Waals surface area (Å²) < 4.78 is 33.1. The summed E-state index contributed by atoms with van der Waals surface area (Å²) in [4.78, 5) is 35.2. The lowest BCUT2D eigenvalue weighted by molar-refractivity contribution is -0.220. The minimum Gasteiger partial charge on any atom is -0.462 e. The average Bonchev–Trinajstić information content (AvgIpc) is 3.10. The molecule has 1 rings (SSSR count). The summed E-state index contributed by atoms with van der Waals surface area (Å²) in [6.45, 7) is 3.15. The molecule has 51 heavy (non-hydrogen) atoms. The Labute approximate surface area is 305 Å². The number of esters is 2. The molecule has 1 aliphatic rings. The zero-order valence-electron chi connectivity index (χ0n) is 31.2. The Balaban J connectivity index is 2.45. The molecule has 0 radical (unpaired) electrons. The lowest BCUT2D eigenvalue weighted by atomic mass is 9.85. The number of phosphoric acid groups is 1. The number of aliphatic hydroxyl groups excluding tert-OH is 5. The number of ether oxygens (including phenoxy) is 2. The van der Waals surface area contributed by atoms with Crippen LogP contribution in [0.3, 0.4) is 0 Å². The van der Waals surface area contributed by atoms with E-state index in [4.69, 9.17) is 18.5 Å². The molecule has 14 heteroatoms. The molecule has 0 aliphatic heterocycles. The van der Waals surface area contributed by atoms with Gasteiger partial charge in [0.05, 0.1) is 6.61 Å². The number of phosphoric ester groups is 1. The van der Waals surface area contributed by atoms with Crippen LogP contribution in [-0.2, 0) is 32.7 Å². The number of carbonyl (C=O) groups excluding carboxylic acids is 2. The fourth-order valence-corrected chi connectivity index (χ4v) is 6.84. The van der Waals surface area contributed by atoms with E-state index in [0.29, 0.717) is 12.8 Å². The monoisotopic (exact) mass is 752 g/mol. The van der Waals surface area contributed by atoms with Crippen LogP contribution in [0.2, 0.25) is 0 Å². The van der Waals surface area contributed by atoms with E-state index < -0.39 is 75.7 Å². The second-order valence-corrected chi connectivity index (χ2v) is 15.2. The van der Waals surface area contributed by atoms with E-state index in [1.54, 1.807) is 0 Å². The van der Waals surface area contributed by atoms with Crippen LogP contribution in [0.5, 0.6) is 0 Å². The highest BCUT2D eigenvalue weighted by molar-refractivity contribution is 7.47. The number of aliphatic hydroxyl groups is 5. The Morgan fingerprint density at radius 1 is 0.588 bits per heavy atom. The predicted molar refractivity (Wildman–Crippen MR) is 194 cm³/mol. The van der Waals surface area contributed by atoms with E-state index in [2.05, 4.69) is 26.0 Å². The normalized spacial score (nSPS) is 24.0. The first-order chi connectivity index (χ1) is 24.4. The molecule has 0 aromatic carbocycles. The van der Waals surface area contributed by atoms with Crippen molar-refractivity contribution in [1.29, 1.82) is 0 Å². The highest BCUT2D eigenvalue weighted by Gasteiger charge is 2.51. The van der Waals surface area contributed by atoms with Crippen LogP contribution in [0.1, 0.15) is 155 Å². The summed E-state index contributed by atoms with van der Waals surface area (Å²) >= 11 is 0. The molecular weight excluding hydrogens is 683 g/mol. The van der Waals surface area contributed by atoms with E-state index in [0.717, 1.165) is 57.8 Å². The van der Waals surface area contributed by atoms with Crippen molar-refractivity contribution in [3.63, 3.8) is 0 Å². The maximum Gasteiger partial charge on any atom is 0.472 e. The average molecular weight is 753 g/mol. The molecule has 0 spiro atoms. The maximum absolute atomic E-state index is 12.7. The van der Waals surface area contributed by atoms with Gasteiger partial charge < -0.3 is 39.9 Å². The molecular formula is C37H69O13P. The maximum atomic E-state index is 12.7. The van der Waals surface area contributed by atoms with Gasteiger partial charge in [0.2, 0.25) is 0 Å². The zero-order valence-corrected chi connectivity index (χ0v) is 32.0. The van der Waals surface area contributed by atoms with Gasteiger partial charge in [0.1, 0.15) is 43.2 Å². The number of hydrogen-bond donors (Lipinski definition) is 6. The molecule has 0 aromatic rings. The molecule has 0 amide bonds. The van der Waals surface area contributed by atoms with Gasteiger partial charge in [0.25, 0.3) is 0 Å². The fourth-order valence-electron chi connectivity index (χ4n) is 5.87. The molecule has 1 fully saturated rings. The molecule has 0 aromatic heterocycles. The summed E-state index contributed by atoms with van der Waals surface area (Å²) in [5.41, 5.74) is 0. The minimum absolute atomic E-state index is 0.0944. The van der Waals surface area contributed by atoms with Crippen molar-refractivity contribution in [3.8, 4) is 0 Å². The van der Waals surface area contributed by atoms with Gasteiger partial charge in [-0.15, -0.1) is 0 Å². The van der Waals surface area contributed by atoms with E-state index >= 15 is 0 Å². The summed E-state index contributed by atoms with van der Waals surface area (Å²) in [5.74, 6) is -1.12. The smallest absolute Gasteiger partial charge is 0.462 e. The highest BCUT2D eigenvalue weighted by atomic mass is 31.2. The van der Waals surface area contributed by atoms with E-state index in [1.807, 2.05) is 0 Å².